The van der Waals surface area contributed by atoms with Crippen LogP contribution in [0.3, 0.4) is 0 Å². The Morgan fingerprint density at radius 2 is 2.15 bits per heavy atom. The standard InChI is InChI=1S/C12H19N/c1-4-10(3)9-11-7-6-8-13-12(11)5-2/h6-8,10H,4-5,9H2,1-3H3/t10-/m1/s1. The molecule has 0 unspecified atom stereocenters. The van der Waals surface area contributed by atoms with Gasteiger partial charge in [0.2, 0.25) is 0 Å². The molecule has 1 nitrogen and oxygen atoms in total. The van der Waals surface area contributed by atoms with E-state index in [9.17, 15) is 0 Å². The number of aromatic nitrogens is 1. The van der Waals surface area contributed by atoms with Crippen molar-refractivity contribution in [2.45, 2.75) is 40.0 Å². The predicted molar refractivity (Wildman–Crippen MR) is 56.8 cm³/mol. The van der Waals surface area contributed by atoms with Crippen LogP contribution in [0.4, 0.5) is 0 Å². The van der Waals surface area contributed by atoms with E-state index < -0.39 is 0 Å². The van der Waals surface area contributed by atoms with Crippen LogP contribution in [0.15, 0.2) is 18.3 Å². The second-order valence-corrected chi connectivity index (χ2v) is 3.68. The van der Waals surface area contributed by atoms with Crippen molar-refractivity contribution in [1.82, 2.24) is 4.98 Å². The van der Waals surface area contributed by atoms with E-state index in [4.69, 9.17) is 0 Å². The van der Waals surface area contributed by atoms with E-state index in [0.29, 0.717) is 0 Å². The van der Waals surface area contributed by atoms with Gasteiger partial charge in [0.15, 0.2) is 0 Å². The zero-order chi connectivity index (χ0) is 9.68. The van der Waals surface area contributed by atoms with E-state index in [0.717, 1.165) is 12.3 Å². The van der Waals surface area contributed by atoms with Crippen molar-refractivity contribution < 1.29 is 0 Å². The first-order chi connectivity index (χ1) is 6.27. The molecular weight excluding hydrogens is 158 g/mol. The van der Waals surface area contributed by atoms with E-state index in [-0.39, 0.29) is 0 Å². The Hall–Kier alpha value is -0.850. The fraction of sp³-hybridized carbons (Fsp3) is 0.583. The van der Waals surface area contributed by atoms with E-state index in [1.54, 1.807) is 0 Å². The summed E-state index contributed by atoms with van der Waals surface area (Å²) >= 11 is 0. The maximum Gasteiger partial charge on any atom is 0.0432 e. The van der Waals surface area contributed by atoms with Gasteiger partial charge in [0, 0.05) is 11.9 Å². The molecule has 0 bridgehead atoms. The van der Waals surface area contributed by atoms with Crippen LogP contribution in [0.5, 0.6) is 0 Å². The molecule has 0 aliphatic carbocycles. The topological polar surface area (TPSA) is 12.9 Å². The van der Waals surface area contributed by atoms with Crippen molar-refractivity contribution in [3.8, 4) is 0 Å². The van der Waals surface area contributed by atoms with Gasteiger partial charge in [-0.05, 0) is 30.4 Å². The molecule has 0 aromatic carbocycles. The summed E-state index contributed by atoms with van der Waals surface area (Å²) in [4.78, 5) is 4.38. The first-order valence-electron chi connectivity index (χ1n) is 5.20. The third-order valence-corrected chi connectivity index (χ3v) is 2.58. The minimum Gasteiger partial charge on any atom is -0.261 e. The van der Waals surface area contributed by atoms with Gasteiger partial charge in [-0.25, -0.2) is 0 Å². The van der Waals surface area contributed by atoms with Gasteiger partial charge in [-0.1, -0.05) is 33.3 Å². The van der Waals surface area contributed by atoms with Crippen LogP contribution in [0, 0.1) is 5.92 Å². The van der Waals surface area contributed by atoms with Crippen molar-refractivity contribution >= 4 is 0 Å². The lowest BCUT2D eigenvalue weighted by Crippen LogP contribution is -2.02. The molecule has 0 aliphatic heterocycles. The summed E-state index contributed by atoms with van der Waals surface area (Å²) in [6, 6.07) is 4.24. The first-order valence-corrected chi connectivity index (χ1v) is 5.20. The lowest BCUT2D eigenvalue weighted by Gasteiger charge is -2.10. The van der Waals surface area contributed by atoms with Crippen molar-refractivity contribution in [1.29, 1.82) is 0 Å². The van der Waals surface area contributed by atoms with Crippen LogP contribution in [0.1, 0.15) is 38.4 Å². The minimum absolute atomic E-state index is 0.773. The third-order valence-electron chi connectivity index (χ3n) is 2.58. The quantitative estimate of drug-likeness (QED) is 0.688. The molecule has 0 radical (unpaired) electrons. The fourth-order valence-corrected chi connectivity index (χ4v) is 1.50. The molecule has 0 N–H and O–H groups in total. The molecule has 0 spiro atoms. The zero-order valence-electron chi connectivity index (χ0n) is 8.88. The van der Waals surface area contributed by atoms with Crippen molar-refractivity contribution in [2.24, 2.45) is 5.92 Å². The van der Waals surface area contributed by atoms with Crippen LogP contribution in [-0.4, -0.2) is 4.98 Å². The Bertz CT molecular complexity index is 255. The highest BCUT2D eigenvalue weighted by Gasteiger charge is 2.05. The Kier molecular flexibility index (Phi) is 3.94. The van der Waals surface area contributed by atoms with Gasteiger partial charge in [0.05, 0.1) is 0 Å². The molecule has 1 heteroatoms. The van der Waals surface area contributed by atoms with E-state index >= 15 is 0 Å². The number of hydrogen-bond acceptors (Lipinski definition) is 1. The molecular formula is C12H19N. The summed E-state index contributed by atoms with van der Waals surface area (Å²) in [6.45, 7) is 6.71. The Morgan fingerprint density at radius 3 is 2.77 bits per heavy atom. The van der Waals surface area contributed by atoms with Gasteiger partial charge in [-0.15, -0.1) is 0 Å². The molecule has 72 valence electrons. The number of nitrogens with zero attached hydrogens (tertiary/aromatic N) is 1. The van der Waals surface area contributed by atoms with Gasteiger partial charge in [-0.3, -0.25) is 4.98 Å². The second kappa shape index (κ2) is 5.00. The van der Waals surface area contributed by atoms with E-state index in [1.165, 1.54) is 24.1 Å². The summed E-state index contributed by atoms with van der Waals surface area (Å²) in [7, 11) is 0. The van der Waals surface area contributed by atoms with Crippen molar-refractivity contribution in [3.63, 3.8) is 0 Å². The largest absolute Gasteiger partial charge is 0.261 e. The van der Waals surface area contributed by atoms with Gasteiger partial charge >= 0.3 is 0 Å². The van der Waals surface area contributed by atoms with Crippen molar-refractivity contribution in [3.05, 3.63) is 29.6 Å². The fourth-order valence-electron chi connectivity index (χ4n) is 1.50. The molecule has 0 aliphatic rings. The molecule has 1 atom stereocenters. The van der Waals surface area contributed by atoms with Crippen LogP contribution in [0.25, 0.3) is 0 Å². The molecule has 1 aromatic rings. The molecule has 0 saturated carbocycles. The molecule has 1 rings (SSSR count). The molecule has 13 heavy (non-hydrogen) atoms. The number of rotatable bonds is 4. The van der Waals surface area contributed by atoms with E-state index in [1.807, 2.05) is 12.3 Å². The summed E-state index contributed by atoms with van der Waals surface area (Å²) in [6.07, 6.45) is 5.36. The molecule has 0 saturated heterocycles. The average Bonchev–Trinajstić information content (AvgIpc) is 2.18. The minimum atomic E-state index is 0.773. The Labute approximate surface area is 81.2 Å². The van der Waals surface area contributed by atoms with Crippen molar-refractivity contribution in [2.75, 3.05) is 0 Å². The lowest BCUT2D eigenvalue weighted by atomic mass is 9.97. The summed E-state index contributed by atoms with van der Waals surface area (Å²) in [5, 5.41) is 0. The van der Waals surface area contributed by atoms with Crippen LogP contribution in [-0.2, 0) is 12.8 Å². The normalized spacial score (nSPS) is 12.8. The highest BCUT2D eigenvalue weighted by atomic mass is 14.7. The Morgan fingerprint density at radius 1 is 1.38 bits per heavy atom. The first kappa shape index (κ1) is 10.2. The zero-order valence-corrected chi connectivity index (χ0v) is 8.88. The molecule has 0 amide bonds. The van der Waals surface area contributed by atoms with E-state index in [2.05, 4.69) is 31.8 Å². The molecule has 1 heterocycles. The monoisotopic (exact) mass is 177 g/mol. The maximum absolute atomic E-state index is 4.38. The summed E-state index contributed by atoms with van der Waals surface area (Å²) < 4.78 is 0. The van der Waals surface area contributed by atoms with Crippen LogP contribution in [0.2, 0.25) is 0 Å². The van der Waals surface area contributed by atoms with Crippen LogP contribution < -0.4 is 0 Å². The highest BCUT2D eigenvalue weighted by molar-refractivity contribution is 5.20. The lowest BCUT2D eigenvalue weighted by molar-refractivity contribution is 0.556. The molecule has 1 aromatic heterocycles. The third kappa shape index (κ3) is 2.83. The molecule has 0 fully saturated rings. The Balaban J connectivity index is 2.74. The SMILES string of the molecule is CCc1ncccc1C[C@H](C)CC. The number of aryl methyl sites for hydroxylation is 1. The van der Waals surface area contributed by atoms with Gasteiger partial charge in [-0.2, -0.15) is 0 Å². The maximum atomic E-state index is 4.38. The smallest absolute Gasteiger partial charge is 0.0432 e. The van der Waals surface area contributed by atoms with Gasteiger partial charge in [0.1, 0.15) is 0 Å². The van der Waals surface area contributed by atoms with Gasteiger partial charge in [0.25, 0.3) is 0 Å². The highest BCUT2D eigenvalue weighted by Crippen LogP contribution is 2.14. The average molecular weight is 177 g/mol. The predicted octanol–water partition coefficient (Wildman–Crippen LogP) is 3.23. The number of pyridine rings is 1. The number of hydrogen-bond donors (Lipinski definition) is 0. The van der Waals surface area contributed by atoms with Gasteiger partial charge < -0.3 is 0 Å². The second-order valence-electron chi connectivity index (χ2n) is 3.68. The summed E-state index contributed by atoms with van der Waals surface area (Å²) in [5.41, 5.74) is 2.70. The van der Waals surface area contributed by atoms with Crippen LogP contribution >= 0.6 is 0 Å². The summed E-state index contributed by atoms with van der Waals surface area (Å²) in [5.74, 6) is 0.773.